The number of methoxy groups -OCH3 is 2. The predicted molar refractivity (Wildman–Crippen MR) is 71.3 cm³/mol. The van der Waals surface area contributed by atoms with Crippen LogP contribution in [0.3, 0.4) is 0 Å². The van der Waals surface area contributed by atoms with Gasteiger partial charge in [-0.15, -0.1) is 0 Å². The van der Waals surface area contributed by atoms with Crippen LogP contribution in [-0.4, -0.2) is 51.0 Å². The zero-order valence-electron chi connectivity index (χ0n) is 11.3. The molecule has 0 aliphatic heterocycles. The number of rotatable bonds is 8. The van der Waals surface area contributed by atoms with E-state index in [0.29, 0.717) is 12.4 Å². The van der Waals surface area contributed by atoms with E-state index in [4.69, 9.17) is 19.3 Å². The van der Waals surface area contributed by atoms with Gasteiger partial charge in [-0.1, -0.05) is 0 Å². The van der Waals surface area contributed by atoms with Crippen LogP contribution in [0.15, 0.2) is 18.2 Å². The van der Waals surface area contributed by atoms with Crippen LogP contribution in [0.5, 0.6) is 5.75 Å². The monoisotopic (exact) mass is 283 g/mol. The molecule has 7 nitrogen and oxygen atoms in total. The standard InChI is InChI=1S/C13H17NO6/c1-18-5-6-20-8-12(15)14-11-7-9(19-2)3-4-10(11)13(16)17/h3-4,7H,5-6,8H2,1-2H3,(H,14,15)(H,16,17). The lowest BCUT2D eigenvalue weighted by Crippen LogP contribution is -2.21. The van der Waals surface area contributed by atoms with Crippen molar-refractivity contribution < 1.29 is 28.9 Å². The van der Waals surface area contributed by atoms with Crippen molar-refractivity contribution in [2.24, 2.45) is 0 Å². The number of hydrogen-bond acceptors (Lipinski definition) is 5. The average molecular weight is 283 g/mol. The zero-order chi connectivity index (χ0) is 15.0. The Bertz CT molecular complexity index is 474. The maximum Gasteiger partial charge on any atom is 0.337 e. The third kappa shape index (κ3) is 4.87. The smallest absolute Gasteiger partial charge is 0.337 e. The first-order valence-electron chi connectivity index (χ1n) is 5.86. The fourth-order valence-corrected chi connectivity index (χ4v) is 1.43. The molecule has 0 atom stereocenters. The fourth-order valence-electron chi connectivity index (χ4n) is 1.43. The summed E-state index contributed by atoms with van der Waals surface area (Å²) in [6.07, 6.45) is 0. The number of amides is 1. The molecule has 0 fully saturated rings. The second-order valence-corrected chi connectivity index (χ2v) is 3.81. The minimum atomic E-state index is -1.14. The van der Waals surface area contributed by atoms with Crippen LogP contribution in [-0.2, 0) is 14.3 Å². The van der Waals surface area contributed by atoms with E-state index in [0.717, 1.165) is 0 Å². The van der Waals surface area contributed by atoms with Crippen molar-refractivity contribution in [3.8, 4) is 5.75 Å². The van der Waals surface area contributed by atoms with Gasteiger partial charge in [-0.3, -0.25) is 4.79 Å². The molecule has 0 heterocycles. The number of nitrogens with one attached hydrogen (secondary N) is 1. The lowest BCUT2D eigenvalue weighted by Gasteiger charge is -2.10. The van der Waals surface area contributed by atoms with E-state index >= 15 is 0 Å². The molecule has 0 bridgehead atoms. The van der Waals surface area contributed by atoms with Gasteiger partial charge in [0.25, 0.3) is 0 Å². The molecule has 0 aromatic heterocycles. The molecule has 2 N–H and O–H groups in total. The Morgan fingerprint density at radius 3 is 2.60 bits per heavy atom. The van der Waals surface area contributed by atoms with Crippen molar-refractivity contribution in [2.45, 2.75) is 0 Å². The van der Waals surface area contributed by atoms with Crippen molar-refractivity contribution >= 4 is 17.6 Å². The number of carboxylic acids is 1. The third-order valence-electron chi connectivity index (χ3n) is 2.40. The van der Waals surface area contributed by atoms with Crippen LogP contribution < -0.4 is 10.1 Å². The highest BCUT2D eigenvalue weighted by Gasteiger charge is 2.13. The van der Waals surface area contributed by atoms with E-state index in [9.17, 15) is 9.59 Å². The van der Waals surface area contributed by atoms with Crippen LogP contribution in [0.4, 0.5) is 5.69 Å². The number of carbonyl (C=O) groups is 2. The number of benzene rings is 1. The summed E-state index contributed by atoms with van der Waals surface area (Å²) in [7, 11) is 2.98. The predicted octanol–water partition coefficient (Wildman–Crippen LogP) is 0.995. The van der Waals surface area contributed by atoms with E-state index in [-0.39, 0.29) is 24.5 Å². The third-order valence-corrected chi connectivity index (χ3v) is 2.40. The molecule has 1 aromatic rings. The van der Waals surface area contributed by atoms with Gasteiger partial charge in [0, 0.05) is 13.2 Å². The summed E-state index contributed by atoms with van der Waals surface area (Å²) in [4.78, 5) is 22.7. The summed E-state index contributed by atoms with van der Waals surface area (Å²) in [5.41, 5.74) is 0.147. The van der Waals surface area contributed by atoms with Crippen molar-refractivity contribution in [2.75, 3.05) is 39.4 Å². The van der Waals surface area contributed by atoms with Gasteiger partial charge < -0.3 is 24.6 Å². The first-order chi connectivity index (χ1) is 9.58. The van der Waals surface area contributed by atoms with Crippen molar-refractivity contribution in [3.63, 3.8) is 0 Å². The Balaban J connectivity index is 2.69. The van der Waals surface area contributed by atoms with Crippen LogP contribution in [0, 0.1) is 0 Å². The van der Waals surface area contributed by atoms with Gasteiger partial charge in [0.1, 0.15) is 12.4 Å². The summed E-state index contributed by atoms with van der Waals surface area (Å²) in [6.45, 7) is 0.486. The Morgan fingerprint density at radius 2 is 2.00 bits per heavy atom. The first kappa shape index (κ1) is 15.9. The Hall–Kier alpha value is -2.12. The first-order valence-corrected chi connectivity index (χ1v) is 5.86. The zero-order valence-corrected chi connectivity index (χ0v) is 11.3. The summed E-state index contributed by atoms with van der Waals surface area (Å²) >= 11 is 0. The summed E-state index contributed by atoms with van der Waals surface area (Å²) in [5, 5.41) is 11.5. The number of hydrogen-bond donors (Lipinski definition) is 2. The lowest BCUT2D eigenvalue weighted by molar-refractivity contribution is -0.121. The Labute approximate surface area is 116 Å². The molecule has 1 aromatic carbocycles. The van der Waals surface area contributed by atoms with Gasteiger partial charge in [0.2, 0.25) is 5.91 Å². The van der Waals surface area contributed by atoms with E-state index in [1.807, 2.05) is 0 Å². The molecule has 0 unspecified atom stereocenters. The number of ether oxygens (including phenoxy) is 3. The second kappa shape index (κ2) is 8.13. The summed E-state index contributed by atoms with van der Waals surface area (Å²) in [6, 6.07) is 4.31. The number of carboxylic acid groups (broad SMARTS) is 1. The molecule has 0 saturated carbocycles. The maximum absolute atomic E-state index is 11.6. The van der Waals surface area contributed by atoms with Gasteiger partial charge >= 0.3 is 5.97 Å². The van der Waals surface area contributed by atoms with Crippen LogP contribution in [0.2, 0.25) is 0 Å². The molecule has 0 aliphatic rings. The van der Waals surface area contributed by atoms with Crippen LogP contribution in [0.1, 0.15) is 10.4 Å². The molecule has 0 radical (unpaired) electrons. The molecule has 0 spiro atoms. The van der Waals surface area contributed by atoms with Crippen molar-refractivity contribution in [3.05, 3.63) is 23.8 Å². The summed E-state index contributed by atoms with van der Waals surface area (Å²) < 4.78 is 14.8. The Morgan fingerprint density at radius 1 is 1.25 bits per heavy atom. The van der Waals surface area contributed by atoms with Crippen molar-refractivity contribution in [1.82, 2.24) is 0 Å². The van der Waals surface area contributed by atoms with Crippen molar-refractivity contribution in [1.29, 1.82) is 0 Å². The SMILES string of the molecule is COCCOCC(=O)Nc1cc(OC)ccc1C(=O)O. The Kier molecular flexibility index (Phi) is 6.48. The second-order valence-electron chi connectivity index (χ2n) is 3.81. The highest BCUT2D eigenvalue weighted by atomic mass is 16.5. The average Bonchev–Trinajstić information content (AvgIpc) is 2.43. The van der Waals surface area contributed by atoms with Gasteiger partial charge in [0.05, 0.1) is 31.6 Å². The highest BCUT2D eigenvalue weighted by molar-refractivity contribution is 6.01. The van der Waals surface area contributed by atoms with Crippen LogP contribution in [0.25, 0.3) is 0 Å². The molecule has 7 heteroatoms. The molecule has 1 rings (SSSR count). The van der Waals surface area contributed by atoms with E-state index < -0.39 is 11.9 Å². The minimum absolute atomic E-state index is 0.0176. The van der Waals surface area contributed by atoms with E-state index in [2.05, 4.69) is 5.32 Å². The molecular formula is C13H17NO6. The minimum Gasteiger partial charge on any atom is -0.497 e. The largest absolute Gasteiger partial charge is 0.497 e. The highest BCUT2D eigenvalue weighted by Crippen LogP contribution is 2.22. The quantitative estimate of drug-likeness (QED) is 0.691. The lowest BCUT2D eigenvalue weighted by atomic mass is 10.1. The van der Waals surface area contributed by atoms with Gasteiger partial charge in [-0.05, 0) is 12.1 Å². The fraction of sp³-hybridized carbons (Fsp3) is 0.385. The van der Waals surface area contributed by atoms with Gasteiger partial charge in [0.15, 0.2) is 0 Å². The summed E-state index contributed by atoms with van der Waals surface area (Å²) in [5.74, 6) is -1.13. The van der Waals surface area contributed by atoms with Crippen LogP contribution >= 0.6 is 0 Å². The number of anilines is 1. The molecule has 0 aliphatic carbocycles. The number of aromatic carboxylic acids is 1. The molecule has 110 valence electrons. The molecule has 20 heavy (non-hydrogen) atoms. The maximum atomic E-state index is 11.6. The van der Waals surface area contributed by atoms with E-state index in [1.54, 1.807) is 0 Å². The molecule has 1 amide bonds. The van der Waals surface area contributed by atoms with Gasteiger partial charge in [-0.25, -0.2) is 4.79 Å². The topological polar surface area (TPSA) is 94.1 Å². The number of carbonyl (C=O) groups excluding carboxylic acids is 1. The molecular weight excluding hydrogens is 266 g/mol. The van der Waals surface area contributed by atoms with E-state index in [1.165, 1.54) is 32.4 Å². The van der Waals surface area contributed by atoms with Gasteiger partial charge in [-0.2, -0.15) is 0 Å². The molecule has 0 saturated heterocycles. The normalized spacial score (nSPS) is 10.1.